The molecule has 2 aromatic rings. The van der Waals surface area contributed by atoms with E-state index in [0.29, 0.717) is 6.54 Å². The average molecular weight is 302 g/mol. The van der Waals surface area contributed by atoms with Gasteiger partial charge >= 0.3 is 5.97 Å². The molecule has 1 fully saturated rings. The molecule has 0 amide bonds. The maximum absolute atomic E-state index is 11.0. The van der Waals surface area contributed by atoms with Gasteiger partial charge in [-0.05, 0) is 18.5 Å². The van der Waals surface area contributed by atoms with Crippen LogP contribution in [-0.2, 0) is 17.8 Å². The zero-order valence-corrected chi connectivity index (χ0v) is 12.6. The predicted octanol–water partition coefficient (Wildman–Crippen LogP) is 2.64. The third kappa shape index (κ3) is 3.68. The normalized spacial score (nSPS) is 19.0. The monoisotopic (exact) mass is 302 g/mol. The highest BCUT2D eigenvalue weighted by atomic mass is 32.1. The summed E-state index contributed by atoms with van der Waals surface area (Å²) < 4.78 is 0. The lowest BCUT2D eigenvalue weighted by Gasteiger charge is -2.12. The van der Waals surface area contributed by atoms with Crippen molar-refractivity contribution in [2.75, 3.05) is 13.1 Å². The molecule has 3 rings (SSSR count). The summed E-state index contributed by atoms with van der Waals surface area (Å²) in [4.78, 5) is 17.8. The van der Waals surface area contributed by atoms with Crippen molar-refractivity contribution >= 4 is 17.3 Å². The van der Waals surface area contributed by atoms with Crippen molar-refractivity contribution in [1.29, 1.82) is 0 Å². The third-order valence-corrected chi connectivity index (χ3v) is 4.70. The topological polar surface area (TPSA) is 53.4 Å². The molecule has 1 aromatic carbocycles. The summed E-state index contributed by atoms with van der Waals surface area (Å²) in [5, 5.41) is 12.2. The highest BCUT2D eigenvalue weighted by Crippen LogP contribution is 2.21. The van der Waals surface area contributed by atoms with Gasteiger partial charge in [0.15, 0.2) is 0 Å². The number of carboxylic acids is 1. The molecule has 2 heterocycles. The van der Waals surface area contributed by atoms with Crippen molar-refractivity contribution in [3.05, 3.63) is 52.0 Å². The fraction of sp³-hybridized carbons (Fsp3) is 0.375. The standard InChI is InChI=1S/C16H18N2O2S/c19-16(20)13-6-7-18(9-13)10-14-11-21-15(17-14)8-12-4-2-1-3-5-12/h1-5,11,13H,6-10H2,(H,19,20). The predicted molar refractivity (Wildman–Crippen MR) is 82.4 cm³/mol. The molecular formula is C16H18N2O2S. The fourth-order valence-electron chi connectivity index (χ4n) is 2.68. The minimum absolute atomic E-state index is 0.215. The van der Waals surface area contributed by atoms with Crippen LogP contribution in [0.2, 0.25) is 0 Å². The molecule has 1 aromatic heterocycles. The van der Waals surface area contributed by atoms with E-state index in [1.54, 1.807) is 11.3 Å². The van der Waals surface area contributed by atoms with Crippen LogP contribution < -0.4 is 0 Å². The van der Waals surface area contributed by atoms with E-state index in [2.05, 4.69) is 27.4 Å². The van der Waals surface area contributed by atoms with Gasteiger partial charge in [-0.1, -0.05) is 30.3 Å². The van der Waals surface area contributed by atoms with Gasteiger partial charge in [-0.2, -0.15) is 0 Å². The second kappa shape index (κ2) is 6.37. The Hall–Kier alpha value is -1.72. The Morgan fingerprint density at radius 1 is 1.38 bits per heavy atom. The van der Waals surface area contributed by atoms with Crippen LogP contribution in [-0.4, -0.2) is 34.0 Å². The quantitative estimate of drug-likeness (QED) is 0.922. The molecule has 1 unspecified atom stereocenters. The lowest BCUT2D eigenvalue weighted by Crippen LogP contribution is -2.22. The molecule has 0 aliphatic carbocycles. The van der Waals surface area contributed by atoms with E-state index < -0.39 is 5.97 Å². The van der Waals surface area contributed by atoms with E-state index in [1.807, 2.05) is 18.2 Å². The molecule has 1 N–H and O–H groups in total. The number of nitrogens with zero attached hydrogens (tertiary/aromatic N) is 2. The Morgan fingerprint density at radius 3 is 2.90 bits per heavy atom. The van der Waals surface area contributed by atoms with Crippen LogP contribution in [0.5, 0.6) is 0 Å². The Kier molecular flexibility index (Phi) is 4.31. The van der Waals surface area contributed by atoms with E-state index in [9.17, 15) is 4.79 Å². The molecule has 21 heavy (non-hydrogen) atoms. The van der Waals surface area contributed by atoms with Crippen LogP contribution in [0.3, 0.4) is 0 Å². The van der Waals surface area contributed by atoms with Gasteiger partial charge in [0.1, 0.15) is 0 Å². The summed E-state index contributed by atoms with van der Waals surface area (Å²) in [7, 11) is 0. The summed E-state index contributed by atoms with van der Waals surface area (Å²) in [5.74, 6) is -0.895. The summed E-state index contributed by atoms with van der Waals surface area (Å²) in [6.07, 6.45) is 1.61. The number of rotatable bonds is 5. The number of carboxylic acid groups (broad SMARTS) is 1. The Morgan fingerprint density at radius 2 is 2.19 bits per heavy atom. The number of hydrogen-bond donors (Lipinski definition) is 1. The number of thiazole rings is 1. The summed E-state index contributed by atoms with van der Waals surface area (Å²) in [5.41, 5.74) is 2.32. The minimum atomic E-state index is -0.680. The zero-order valence-electron chi connectivity index (χ0n) is 11.7. The van der Waals surface area contributed by atoms with Gasteiger partial charge < -0.3 is 5.11 Å². The first kappa shape index (κ1) is 14.2. The number of hydrogen-bond acceptors (Lipinski definition) is 4. The first-order valence-electron chi connectivity index (χ1n) is 7.13. The largest absolute Gasteiger partial charge is 0.481 e. The average Bonchev–Trinajstić information content (AvgIpc) is 3.10. The second-order valence-corrected chi connectivity index (χ2v) is 6.40. The van der Waals surface area contributed by atoms with Crippen molar-refractivity contribution in [3.63, 3.8) is 0 Å². The summed E-state index contributed by atoms with van der Waals surface area (Å²) in [6, 6.07) is 10.3. The van der Waals surface area contributed by atoms with Gasteiger partial charge in [-0.15, -0.1) is 11.3 Å². The smallest absolute Gasteiger partial charge is 0.307 e. The molecule has 1 saturated heterocycles. The van der Waals surface area contributed by atoms with E-state index in [0.717, 1.165) is 36.6 Å². The van der Waals surface area contributed by atoms with Crippen LogP contribution in [0.15, 0.2) is 35.7 Å². The number of carbonyl (C=O) groups is 1. The second-order valence-electron chi connectivity index (χ2n) is 5.45. The molecular weight excluding hydrogens is 284 g/mol. The van der Waals surface area contributed by atoms with E-state index in [-0.39, 0.29) is 5.92 Å². The van der Waals surface area contributed by atoms with Gasteiger partial charge in [0.05, 0.1) is 16.6 Å². The van der Waals surface area contributed by atoms with Crippen molar-refractivity contribution in [2.24, 2.45) is 5.92 Å². The van der Waals surface area contributed by atoms with E-state index >= 15 is 0 Å². The number of benzene rings is 1. The maximum atomic E-state index is 11.0. The third-order valence-electron chi connectivity index (χ3n) is 3.80. The molecule has 0 radical (unpaired) electrons. The molecule has 0 bridgehead atoms. The SMILES string of the molecule is O=C(O)C1CCN(Cc2csc(Cc3ccccc3)n2)C1. The van der Waals surface area contributed by atoms with Gasteiger partial charge in [-0.25, -0.2) is 4.98 Å². The van der Waals surface area contributed by atoms with Crippen molar-refractivity contribution in [3.8, 4) is 0 Å². The lowest BCUT2D eigenvalue weighted by atomic mass is 10.1. The van der Waals surface area contributed by atoms with Crippen molar-refractivity contribution < 1.29 is 9.90 Å². The highest BCUT2D eigenvalue weighted by Gasteiger charge is 2.28. The summed E-state index contributed by atoms with van der Waals surface area (Å²) in [6.45, 7) is 2.25. The van der Waals surface area contributed by atoms with Crippen LogP contribution in [0.25, 0.3) is 0 Å². The van der Waals surface area contributed by atoms with Gasteiger partial charge in [0.25, 0.3) is 0 Å². The molecule has 1 aliphatic rings. The van der Waals surface area contributed by atoms with Crippen molar-refractivity contribution in [2.45, 2.75) is 19.4 Å². The fourth-order valence-corrected chi connectivity index (χ4v) is 3.50. The first-order valence-corrected chi connectivity index (χ1v) is 8.01. The number of likely N-dealkylation sites (tertiary alicyclic amines) is 1. The molecule has 1 aliphatic heterocycles. The summed E-state index contributed by atoms with van der Waals surface area (Å²) >= 11 is 1.68. The van der Waals surface area contributed by atoms with Gasteiger partial charge in [-0.3, -0.25) is 9.69 Å². The molecule has 110 valence electrons. The maximum Gasteiger partial charge on any atom is 0.307 e. The Labute approximate surface area is 128 Å². The molecule has 1 atom stereocenters. The van der Waals surface area contributed by atoms with Crippen LogP contribution in [0.4, 0.5) is 0 Å². The number of aliphatic carboxylic acids is 1. The first-order chi connectivity index (χ1) is 10.2. The Bertz CT molecular complexity index is 612. The van der Waals surface area contributed by atoms with Gasteiger partial charge in [0, 0.05) is 24.9 Å². The minimum Gasteiger partial charge on any atom is -0.481 e. The van der Waals surface area contributed by atoms with Gasteiger partial charge in [0.2, 0.25) is 0 Å². The molecule has 4 nitrogen and oxygen atoms in total. The van der Waals surface area contributed by atoms with Crippen LogP contribution in [0.1, 0.15) is 22.7 Å². The van der Waals surface area contributed by atoms with E-state index in [1.165, 1.54) is 5.56 Å². The molecule has 5 heteroatoms. The zero-order chi connectivity index (χ0) is 14.7. The van der Waals surface area contributed by atoms with E-state index in [4.69, 9.17) is 5.11 Å². The van der Waals surface area contributed by atoms with Crippen LogP contribution >= 0.6 is 11.3 Å². The molecule has 0 spiro atoms. The highest BCUT2D eigenvalue weighted by molar-refractivity contribution is 7.09. The Balaban J connectivity index is 1.57. The van der Waals surface area contributed by atoms with Crippen LogP contribution in [0, 0.1) is 5.92 Å². The number of aromatic nitrogens is 1. The molecule has 0 saturated carbocycles. The van der Waals surface area contributed by atoms with Crippen molar-refractivity contribution in [1.82, 2.24) is 9.88 Å². The lowest BCUT2D eigenvalue weighted by molar-refractivity contribution is -0.141.